The van der Waals surface area contributed by atoms with E-state index in [1.165, 1.54) is 16.5 Å². The van der Waals surface area contributed by atoms with Crippen molar-refractivity contribution in [2.45, 2.75) is 51.9 Å². The third-order valence-electron chi connectivity index (χ3n) is 6.16. The van der Waals surface area contributed by atoms with Crippen LogP contribution < -0.4 is 10.3 Å². The van der Waals surface area contributed by atoms with Gasteiger partial charge in [0.1, 0.15) is 0 Å². The van der Waals surface area contributed by atoms with E-state index in [0.29, 0.717) is 6.54 Å². The maximum atomic E-state index is 12.8. The first kappa shape index (κ1) is 15.7. The van der Waals surface area contributed by atoms with Crippen molar-refractivity contribution < 1.29 is 4.79 Å². The van der Waals surface area contributed by atoms with Crippen LogP contribution in [0.3, 0.4) is 0 Å². The maximum Gasteiger partial charge on any atom is 0.237 e. The third kappa shape index (κ3) is 1.97. The molecule has 2 aliphatic heterocycles. The summed E-state index contributed by atoms with van der Waals surface area (Å²) >= 11 is 0. The Kier molecular flexibility index (Phi) is 3.15. The SMILES string of the molecule is CCN1C(=O)C(C)(C)c2cc3[nH]c4c(c3cc21)CCCC1=CNN=C4C1. The summed E-state index contributed by atoms with van der Waals surface area (Å²) in [7, 11) is 0. The molecule has 134 valence electrons. The zero-order valence-corrected chi connectivity index (χ0v) is 15.6. The summed E-state index contributed by atoms with van der Waals surface area (Å²) in [6.07, 6.45) is 6.24. The normalized spacial score (nSPS) is 20.7. The summed E-state index contributed by atoms with van der Waals surface area (Å²) in [6.45, 7) is 6.81. The predicted molar refractivity (Wildman–Crippen MR) is 105 cm³/mol. The van der Waals surface area contributed by atoms with Crippen LogP contribution in [0, 0.1) is 0 Å². The summed E-state index contributed by atoms with van der Waals surface area (Å²) in [5, 5.41) is 5.77. The number of nitrogens with one attached hydrogen (secondary N) is 2. The molecule has 1 aromatic carbocycles. The lowest BCUT2D eigenvalue weighted by Gasteiger charge is -2.19. The number of carbonyl (C=O) groups excluding carboxylic acids is 1. The number of benzene rings is 1. The molecule has 5 nitrogen and oxygen atoms in total. The van der Waals surface area contributed by atoms with Crippen molar-refractivity contribution >= 4 is 28.2 Å². The molecular weight excluding hydrogens is 324 g/mol. The Bertz CT molecular complexity index is 1010. The molecule has 0 spiro atoms. The highest BCUT2D eigenvalue weighted by Crippen LogP contribution is 2.44. The van der Waals surface area contributed by atoms with Gasteiger partial charge in [0.05, 0.1) is 16.8 Å². The first-order chi connectivity index (χ1) is 12.5. The Morgan fingerprint density at radius 1 is 1.27 bits per heavy atom. The molecule has 3 aliphatic rings. The van der Waals surface area contributed by atoms with Crippen LogP contribution in [-0.2, 0) is 16.6 Å². The lowest BCUT2D eigenvalue weighted by molar-refractivity contribution is -0.122. The number of hydrazone groups is 1. The number of amides is 1. The minimum Gasteiger partial charge on any atom is -0.353 e. The summed E-state index contributed by atoms with van der Waals surface area (Å²) in [4.78, 5) is 18.4. The molecule has 3 heterocycles. The molecule has 26 heavy (non-hydrogen) atoms. The van der Waals surface area contributed by atoms with Crippen LogP contribution in [0.5, 0.6) is 0 Å². The van der Waals surface area contributed by atoms with E-state index in [9.17, 15) is 4.79 Å². The number of carbonyl (C=O) groups is 1. The molecule has 0 saturated carbocycles. The van der Waals surface area contributed by atoms with Gasteiger partial charge in [0, 0.05) is 35.8 Å². The van der Waals surface area contributed by atoms with Crippen molar-refractivity contribution in [2.75, 3.05) is 11.4 Å². The van der Waals surface area contributed by atoms with Crippen LogP contribution in [-0.4, -0.2) is 23.1 Å². The van der Waals surface area contributed by atoms with E-state index in [-0.39, 0.29) is 5.91 Å². The largest absolute Gasteiger partial charge is 0.353 e. The van der Waals surface area contributed by atoms with Crippen LogP contribution in [0.2, 0.25) is 0 Å². The third-order valence-corrected chi connectivity index (χ3v) is 6.16. The molecule has 0 fully saturated rings. The van der Waals surface area contributed by atoms with Gasteiger partial charge in [0.2, 0.25) is 5.91 Å². The minimum atomic E-state index is -0.473. The fourth-order valence-electron chi connectivity index (χ4n) is 4.70. The van der Waals surface area contributed by atoms with Crippen LogP contribution >= 0.6 is 0 Å². The second-order valence-electron chi connectivity index (χ2n) is 8.09. The number of anilines is 1. The maximum absolute atomic E-state index is 12.8. The average molecular weight is 348 g/mol. The summed E-state index contributed by atoms with van der Waals surface area (Å²) in [6, 6.07) is 4.42. The number of aromatic amines is 1. The molecule has 1 aromatic heterocycles. The Balaban J connectivity index is 1.75. The van der Waals surface area contributed by atoms with E-state index in [2.05, 4.69) is 27.6 Å². The van der Waals surface area contributed by atoms with Crippen LogP contribution in [0.4, 0.5) is 5.69 Å². The zero-order chi connectivity index (χ0) is 18.1. The summed E-state index contributed by atoms with van der Waals surface area (Å²) < 4.78 is 0. The molecule has 0 atom stereocenters. The van der Waals surface area contributed by atoms with Gasteiger partial charge in [-0.2, -0.15) is 5.10 Å². The standard InChI is InChI=1S/C21H24N4O/c1-4-25-18-9-14-13-7-5-6-12-8-17(24-22-11-12)19(13)23-16(14)10-15(18)21(2,3)20(25)26/h9-11,22-23H,4-8H2,1-3H3. The molecule has 0 saturated heterocycles. The van der Waals surface area contributed by atoms with Crippen molar-refractivity contribution in [2.24, 2.45) is 5.10 Å². The van der Waals surface area contributed by atoms with Gasteiger partial charge in [-0.15, -0.1) is 0 Å². The van der Waals surface area contributed by atoms with E-state index in [1.807, 2.05) is 31.9 Å². The molecular formula is C21H24N4O. The minimum absolute atomic E-state index is 0.196. The molecule has 2 N–H and O–H groups in total. The smallest absolute Gasteiger partial charge is 0.237 e. The molecule has 5 heteroatoms. The summed E-state index contributed by atoms with van der Waals surface area (Å²) in [5.41, 5.74) is 10.9. The van der Waals surface area contributed by atoms with Gasteiger partial charge in [-0.1, -0.05) is 0 Å². The molecule has 1 aliphatic carbocycles. The van der Waals surface area contributed by atoms with Gasteiger partial charge in [0.25, 0.3) is 0 Å². The summed E-state index contributed by atoms with van der Waals surface area (Å²) in [5.74, 6) is 0.196. The number of hydrogen-bond acceptors (Lipinski definition) is 3. The van der Waals surface area contributed by atoms with Gasteiger partial charge in [0.15, 0.2) is 0 Å². The van der Waals surface area contributed by atoms with Gasteiger partial charge < -0.3 is 9.88 Å². The molecule has 0 radical (unpaired) electrons. The zero-order valence-electron chi connectivity index (χ0n) is 15.6. The molecule has 1 amide bonds. The Labute approximate surface area is 153 Å². The topological polar surface area (TPSA) is 60.5 Å². The number of aromatic nitrogens is 1. The van der Waals surface area contributed by atoms with E-state index in [1.54, 1.807) is 0 Å². The second kappa shape index (κ2) is 5.22. The lowest BCUT2D eigenvalue weighted by atomic mass is 9.85. The number of hydrogen-bond donors (Lipinski definition) is 2. The highest BCUT2D eigenvalue weighted by molar-refractivity contribution is 6.12. The number of allylic oxidation sites excluding steroid dienone is 1. The quantitative estimate of drug-likeness (QED) is 0.825. The fraction of sp³-hybridized carbons (Fsp3) is 0.429. The molecule has 2 aromatic rings. The van der Waals surface area contributed by atoms with Gasteiger partial charge in [-0.05, 0) is 68.9 Å². The first-order valence-electron chi connectivity index (χ1n) is 9.52. The van der Waals surface area contributed by atoms with Crippen LogP contribution in [0.15, 0.2) is 29.0 Å². The second-order valence-corrected chi connectivity index (χ2v) is 8.09. The fourth-order valence-corrected chi connectivity index (χ4v) is 4.70. The van der Waals surface area contributed by atoms with Crippen molar-refractivity contribution in [1.82, 2.24) is 10.4 Å². The van der Waals surface area contributed by atoms with Crippen molar-refractivity contribution in [3.63, 3.8) is 0 Å². The average Bonchev–Trinajstić information content (AvgIpc) is 3.06. The lowest BCUT2D eigenvalue weighted by Crippen LogP contribution is -2.35. The van der Waals surface area contributed by atoms with Crippen molar-refractivity contribution in [3.05, 3.63) is 40.7 Å². The number of likely N-dealkylation sites (N-methyl/N-ethyl adjacent to an activating group) is 1. The highest BCUT2D eigenvalue weighted by atomic mass is 16.2. The Morgan fingerprint density at radius 2 is 2.12 bits per heavy atom. The van der Waals surface area contributed by atoms with Crippen LogP contribution in [0.1, 0.15) is 56.9 Å². The monoisotopic (exact) mass is 348 g/mol. The Morgan fingerprint density at radius 3 is 2.92 bits per heavy atom. The van der Waals surface area contributed by atoms with E-state index < -0.39 is 5.41 Å². The number of H-pyrrole nitrogens is 1. The number of aryl methyl sites for hydroxylation is 1. The molecule has 0 unspecified atom stereocenters. The molecule has 2 bridgehead atoms. The van der Waals surface area contributed by atoms with Crippen molar-refractivity contribution in [3.8, 4) is 0 Å². The van der Waals surface area contributed by atoms with Gasteiger partial charge in [-0.3, -0.25) is 10.2 Å². The van der Waals surface area contributed by atoms with E-state index >= 15 is 0 Å². The molecule has 5 rings (SSSR count). The first-order valence-corrected chi connectivity index (χ1v) is 9.52. The van der Waals surface area contributed by atoms with E-state index in [4.69, 9.17) is 0 Å². The van der Waals surface area contributed by atoms with E-state index in [0.717, 1.165) is 53.9 Å². The van der Waals surface area contributed by atoms with Gasteiger partial charge >= 0.3 is 0 Å². The van der Waals surface area contributed by atoms with Crippen LogP contribution in [0.25, 0.3) is 10.9 Å². The predicted octanol–water partition coefficient (Wildman–Crippen LogP) is 3.73. The van der Waals surface area contributed by atoms with Gasteiger partial charge in [-0.25, -0.2) is 0 Å². The van der Waals surface area contributed by atoms with Crippen molar-refractivity contribution in [1.29, 1.82) is 0 Å². The number of nitrogens with zero attached hydrogens (tertiary/aromatic N) is 2. The highest BCUT2D eigenvalue weighted by Gasteiger charge is 2.43. The number of rotatable bonds is 1. The number of fused-ring (bicyclic) bond motifs is 7. The Hall–Kier alpha value is -2.56.